The van der Waals surface area contributed by atoms with Crippen molar-refractivity contribution in [3.8, 4) is 0 Å². The van der Waals surface area contributed by atoms with Gasteiger partial charge in [0.05, 0.1) is 17.3 Å². The second-order valence-corrected chi connectivity index (χ2v) is 3.84. The van der Waals surface area contributed by atoms with E-state index in [2.05, 4.69) is 0 Å². The molecule has 1 atom stereocenters. The van der Waals surface area contributed by atoms with Gasteiger partial charge in [-0.1, -0.05) is 11.6 Å². The van der Waals surface area contributed by atoms with Gasteiger partial charge in [0, 0.05) is 6.07 Å². The van der Waals surface area contributed by atoms with Crippen molar-refractivity contribution in [2.24, 2.45) is 0 Å². The Morgan fingerprint density at radius 3 is 2.53 bits per heavy atom. The zero-order valence-electron chi connectivity index (χ0n) is 9.28. The second kappa shape index (κ2) is 6.30. The maximum Gasteiger partial charge on any atom is 0.334 e. The van der Waals surface area contributed by atoms with Crippen LogP contribution in [0.4, 0.5) is 19.3 Å². The van der Waals surface area contributed by atoms with E-state index in [-0.39, 0.29) is 5.02 Å². The van der Waals surface area contributed by atoms with Gasteiger partial charge in [-0.25, -0.2) is 18.4 Å². The van der Waals surface area contributed by atoms with Crippen LogP contribution >= 0.6 is 11.6 Å². The molecule has 2 amide bonds. The van der Waals surface area contributed by atoms with Gasteiger partial charge >= 0.3 is 12.0 Å². The van der Waals surface area contributed by atoms with Gasteiger partial charge in [-0.2, -0.15) is 0 Å². The van der Waals surface area contributed by atoms with Crippen molar-refractivity contribution in [1.29, 1.82) is 0 Å². The minimum atomic E-state index is -1.79. The number of halogens is 3. The lowest BCUT2D eigenvalue weighted by molar-refractivity contribution is -0.146. The number of carboxylic acid groups (broad SMARTS) is 1. The molecule has 0 aliphatic rings. The van der Waals surface area contributed by atoms with E-state index in [1.165, 1.54) is 0 Å². The number of hydrogen-bond acceptors (Lipinski definition) is 3. The summed E-state index contributed by atoms with van der Waals surface area (Å²) >= 11 is 5.53. The standard InChI is InChI=1S/C10H9ClF2N2O4/c11-5-1-4(12)2-6(13)8(5)15-10(19)14-3-7(16)9(17)18/h1-2,7,16H,3H2,(H,17,18)(H2,14,15,19)/t7-/m0/s1. The monoisotopic (exact) mass is 294 g/mol. The van der Waals surface area contributed by atoms with Crippen molar-refractivity contribution >= 4 is 29.3 Å². The van der Waals surface area contributed by atoms with Crippen molar-refractivity contribution < 1.29 is 28.6 Å². The summed E-state index contributed by atoms with van der Waals surface area (Å²) in [5.41, 5.74) is -0.453. The summed E-state index contributed by atoms with van der Waals surface area (Å²) in [5.74, 6) is -3.51. The molecule has 0 spiro atoms. The van der Waals surface area contributed by atoms with E-state index in [0.717, 1.165) is 6.07 Å². The third kappa shape index (κ3) is 4.34. The highest BCUT2D eigenvalue weighted by Gasteiger charge is 2.16. The molecule has 0 bridgehead atoms. The van der Waals surface area contributed by atoms with Crippen LogP contribution in [0.1, 0.15) is 0 Å². The number of amides is 2. The topological polar surface area (TPSA) is 98.7 Å². The number of benzene rings is 1. The molecule has 4 N–H and O–H groups in total. The van der Waals surface area contributed by atoms with E-state index >= 15 is 0 Å². The van der Waals surface area contributed by atoms with Gasteiger partial charge < -0.3 is 20.8 Å². The molecule has 0 radical (unpaired) electrons. The first-order valence-corrected chi connectivity index (χ1v) is 5.29. The molecule has 0 saturated carbocycles. The lowest BCUT2D eigenvalue weighted by Gasteiger charge is -2.11. The van der Waals surface area contributed by atoms with Crippen molar-refractivity contribution in [1.82, 2.24) is 5.32 Å². The molecule has 0 aromatic heterocycles. The molecule has 104 valence electrons. The van der Waals surface area contributed by atoms with Crippen LogP contribution in [0.3, 0.4) is 0 Å². The quantitative estimate of drug-likeness (QED) is 0.670. The van der Waals surface area contributed by atoms with Gasteiger partial charge in [-0.3, -0.25) is 0 Å². The average molecular weight is 295 g/mol. The normalized spacial score (nSPS) is 11.8. The fraction of sp³-hybridized carbons (Fsp3) is 0.200. The Labute approximate surface area is 111 Å². The van der Waals surface area contributed by atoms with E-state index in [9.17, 15) is 18.4 Å². The van der Waals surface area contributed by atoms with Crippen LogP contribution in [0.5, 0.6) is 0 Å². The molecule has 19 heavy (non-hydrogen) atoms. The first kappa shape index (κ1) is 15.1. The summed E-state index contributed by atoms with van der Waals surface area (Å²) < 4.78 is 26.0. The number of urea groups is 1. The first-order chi connectivity index (χ1) is 8.81. The lowest BCUT2D eigenvalue weighted by Crippen LogP contribution is -2.38. The minimum Gasteiger partial charge on any atom is -0.479 e. The van der Waals surface area contributed by atoms with Crippen molar-refractivity contribution in [3.63, 3.8) is 0 Å². The number of aliphatic carboxylic acids is 1. The maximum atomic E-state index is 13.3. The van der Waals surface area contributed by atoms with E-state index in [1.807, 2.05) is 10.6 Å². The molecule has 1 rings (SSSR count). The minimum absolute atomic E-state index is 0.355. The number of aliphatic hydroxyl groups excluding tert-OH is 1. The Morgan fingerprint density at radius 2 is 2.00 bits per heavy atom. The summed E-state index contributed by atoms with van der Waals surface area (Å²) in [5, 5.41) is 20.9. The summed E-state index contributed by atoms with van der Waals surface area (Å²) in [7, 11) is 0. The average Bonchev–Trinajstić information content (AvgIpc) is 2.30. The third-order valence-electron chi connectivity index (χ3n) is 1.99. The predicted octanol–water partition coefficient (Wildman–Crippen LogP) is 1.19. The highest BCUT2D eigenvalue weighted by Crippen LogP contribution is 2.26. The van der Waals surface area contributed by atoms with Crippen LogP contribution in [-0.4, -0.2) is 34.9 Å². The predicted molar refractivity (Wildman–Crippen MR) is 62.0 cm³/mol. The SMILES string of the molecule is O=C(NC[C@H](O)C(=O)O)Nc1c(F)cc(F)cc1Cl. The van der Waals surface area contributed by atoms with Gasteiger partial charge in [0.15, 0.2) is 11.9 Å². The number of carbonyl (C=O) groups excluding carboxylic acids is 1. The van der Waals surface area contributed by atoms with E-state index in [0.29, 0.717) is 6.07 Å². The molecule has 0 aliphatic carbocycles. The molecule has 0 unspecified atom stereocenters. The zero-order chi connectivity index (χ0) is 14.6. The Morgan fingerprint density at radius 1 is 1.37 bits per heavy atom. The molecule has 6 nitrogen and oxygen atoms in total. The molecule has 0 saturated heterocycles. The van der Waals surface area contributed by atoms with E-state index in [1.54, 1.807) is 0 Å². The zero-order valence-corrected chi connectivity index (χ0v) is 10.0. The van der Waals surface area contributed by atoms with Gasteiger partial charge in [0.25, 0.3) is 0 Å². The van der Waals surface area contributed by atoms with Crippen molar-refractivity contribution in [2.45, 2.75) is 6.10 Å². The molecule has 9 heteroatoms. The van der Waals surface area contributed by atoms with Gasteiger partial charge in [0.1, 0.15) is 5.82 Å². The molecular formula is C10H9ClF2N2O4. The lowest BCUT2D eigenvalue weighted by atomic mass is 10.3. The summed E-state index contributed by atoms with van der Waals surface area (Å²) in [6.45, 7) is -0.582. The van der Waals surface area contributed by atoms with Crippen LogP contribution in [0.2, 0.25) is 5.02 Å². The molecule has 0 fully saturated rings. The van der Waals surface area contributed by atoms with Crippen molar-refractivity contribution in [2.75, 3.05) is 11.9 Å². The molecule has 0 aliphatic heterocycles. The fourth-order valence-corrected chi connectivity index (χ4v) is 1.34. The van der Waals surface area contributed by atoms with Crippen LogP contribution in [0.25, 0.3) is 0 Å². The summed E-state index contributed by atoms with van der Waals surface area (Å²) in [6.07, 6.45) is -1.79. The van der Waals surface area contributed by atoms with E-state index < -0.39 is 42.0 Å². The molecule has 1 aromatic rings. The smallest absolute Gasteiger partial charge is 0.334 e. The number of carboxylic acids is 1. The summed E-state index contributed by atoms with van der Waals surface area (Å²) in [4.78, 5) is 21.6. The van der Waals surface area contributed by atoms with Gasteiger partial charge in [-0.15, -0.1) is 0 Å². The Hall–Kier alpha value is -1.93. The Bertz CT molecular complexity index is 489. The van der Waals surface area contributed by atoms with Crippen LogP contribution in [0, 0.1) is 11.6 Å². The fourth-order valence-electron chi connectivity index (χ4n) is 1.10. The Kier molecular flexibility index (Phi) is 5.02. The Balaban J connectivity index is 2.65. The van der Waals surface area contributed by atoms with Gasteiger partial charge in [-0.05, 0) is 6.07 Å². The van der Waals surface area contributed by atoms with Crippen LogP contribution in [0.15, 0.2) is 12.1 Å². The molecular weight excluding hydrogens is 286 g/mol. The maximum absolute atomic E-state index is 13.3. The number of nitrogens with one attached hydrogen (secondary N) is 2. The van der Waals surface area contributed by atoms with Crippen LogP contribution < -0.4 is 10.6 Å². The number of aliphatic hydroxyl groups is 1. The number of hydrogen-bond donors (Lipinski definition) is 4. The van der Waals surface area contributed by atoms with E-state index in [4.69, 9.17) is 21.8 Å². The number of rotatable bonds is 4. The van der Waals surface area contributed by atoms with Gasteiger partial charge in [0.2, 0.25) is 0 Å². The number of carbonyl (C=O) groups is 2. The highest BCUT2D eigenvalue weighted by atomic mass is 35.5. The van der Waals surface area contributed by atoms with Crippen molar-refractivity contribution in [3.05, 3.63) is 28.8 Å². The molecule has 0 heterocycles. The summed E-state index contributed by atoms with van der Waals surface area (Å²) in [6, 6.07) is 0.327. The molecule has 1 aromatic carbocycles. The largest absolute Gasteiger partial charge is 0.479 e. The number of anilines is 1. The third-order valence-corrected chi connectivity index (χ3v) is 2.28. The second-order valence-electron chi connectivity index (χ2n) is 3.43. The highest BCUT2D eigenvalue weighted by molar-refractivity contribution is 6.33. The van der Waals surface area contributed by atoms with Crippen LogP contribution in [-0.2, 0) is 4.79 Å². The first-order valence-electron chi connectivity index (χ1n) is 4.91.